The molecule has 2 fully saturated rings. The smallest absolute Gasteiger partial charge is 0.321 e. The Labute approximate surface area is 207 Å². The zero-order chi connectivity index (χ0) is 24.2. The number of nitrogens with zero attached hydrogens (tertiary/aromatic N) is 2. The molecule has 2 aromatic rings. The number of likely N-dealkylation sites (tertiary alicyclic amines) is 1. The summed E-state index contributed by atoms with van der Waals surface area (Å²) in [5, 5.41) is 3.06. The number of morpholine rings is 1. The van der Waals surface area contributed by atoms with Crippen molar-refractivity contribution in [1.29, 1.82) is 0 Å². The molecule has 0 aromatic heterocycles. The quantitative estimate of drug-likeness (QED) is 0.662. The summed E-state index contributed by atoms with van der Waals surface area (Å²) in [6, 6.07) is 13.3. The van der Waals surface area contributed by atoms with Crippen LogP contribution < -0.4 is 19.5 Å². The number of nitrogens with one attached hydrogen (secondary N) is 1. The highest BCUT2D eigenvalue weighted by molar-refractivity contribution is 5.89. The summed E-state index contributed by atoms with van der Waals surface area (Å²) < 4.78 is 22.5. The van der Waals surface area contributed by atoms with E-state index in [0.717, 1.165) is 62.6 Å². The van der Waals surface area contributed by atoms with Crippen LogP contribution in [0.5, 0.6) is 17.2 Å². The number of amides is 2. The first kappa shape index (κ1) is 23.8. The van der Waals surface area contributed by atoms with Gasteiger partial charge in [0.05, 0.1) is 12.2 Å². The molecule has 2 amide bonds. The standard InChI is InChI=1S/C27H35N3O5/c1-19-14-29(15-20(2)35-19)16-21-8-10-30(11-9-21)27(31)28-23-5-3-4-22(12-23)17-32-24-6-7-25-26(13-24)34-18-33-25/h3-7,12-13,19-21H,8-11,14-18H2,1-2H3,(H,28,31). The average molecular weight is 482 g/mol. The fourth-order valence-electron chi connectivity index (χ4n) is 5.19. The van der Waals surface area contributed by atoms with E-state index in [2.05, 4.69) is 24.1 Å². The van der Waals surface area contributed by atoms with Crippen LogP contribution in [0.3, 0.4) is 0 Å². The van der Waals surface area contributed by atoms with E-state index in [0.29, 0.717) is 36.2 Å². The van der Waals surface area contributed by atoms with E-state index >= 15 is 0 Å². The van der Waals surface area contributed by atoms with Gasteiger partial charge in [-0.05, 0) is 62.4 Å². The van der Waals surface area contributed by atoms with Gasteiger partial charge in [0, 0.05) is 44.5 Å². The number of rotatable bonds is 6. The second kappa shape index (κ2) is 10.7. The van der Waals surface area contributed by atoms with Crippen molar-refractivity contribution in [3.05, 3.63) is 48.0 Å². The maximum atomic E-state index is 12.9. The monoisotopic (exact) mass is 481 g/mol. The molecule has 5 rings (SSSR count). The Morgan fingerprint density at radius 3 is 2.60 bits per heavy atom. The Morgan fingerprint density at radius 1 is 1.03 bits per heavy atom. The molecule has 1 N–H and O–H groups in total. The van der Waals surface area contributed by atoms with Crippen molar-refractivity contribution >= 4 is 11.7 Å². The van der Waals surface area contributed by atoms with Gasteiger partial charge in [0.2, 0.25) is 6.79 Å². The van der Waals surface area contributed by atoms with Gasteiger partial charge in [-0.3, -0.25) is 4.90 Å². The Bertz CT molecular complexity index is 1010. The second-order valence-corrected chi connectivity index (χ2v) is 9.84. The second-order valence-electron chi connectivity index (χ2n) is 9.84. The van der Waals surface area contributed by atoms with Crippen LogP contribution in [0.25, 0.3) is 0 Å². The number of benzene rings is 2. The van der Waals surface area contributed by atoms with Crippen molar-refractivity contribution < 1.29 is 23.7 Å². The van der Waals surface area contributed by atoms with Gasteiger partial charge in [-0.15, -0.1) is 0 Å². The van der Waals surface area contributed by atoms with Crippen molar-refractivity contribution in [1.82, 2.24) is 9.80 Å². The summed E-state index contributed by atoms with van der Waals surface area (Å²) >= 11 is 0. The maximum absolute atomic E-state index is 12.9. The molecule has 35 heavy (non-hydrogen) atoms. The molecule has 8 heteroatoms. The Balaban J connectivity index is 1.08. The number of piperidine rings is 1. The number of carbonyl (C=O) groups excluding carboxylic acids is 1. The highest BCUT2D eigenvalue weighted by Crippen LogP contribution is 2.35. The van der Waals surface area contributed by atoms with E-state index in [4.69, 9.17) is 18.9 Å². The van der Waals surface area contributed by atoms with Crippen molar-refractivity contribution in [2.45, 2.75) is 45.5 Å². The van der Waals surface area contributed by atoms with E-state index in [9.17, 15) is 4.79 Å². The zero-order valence-electron chi connectivity index (χ0n) is 20.6. The van der Waals surface area contributed by atoms with Gasteiger partial charge in [-0.2, -0.15) is 0 Å². The molecular formula is C27H35N3O5. The molecule has 2 atom stereocenters. The molecule has 3 heterocycles. The molecule has 0 spiro atoms. The predicted molar refractivity (Wildman–Crippen MR) is 133 cm³/mol. The summed E-state index contributed by atoms with van der Waals surface area (Å²) in [6.45, 7) is 9.61. The predicted octanol–water partition coefficient (Wildman–Crippen LogP) is 4.35. The third-order valence-corrected chi connectivity index (χ3v) is 6.84. The van der Waals surface area contributed by atoms with Crippen LogP contribution >= 0.6 is 0 Å². The molecule has 0 bridgehead atoms. The number of anilines is 1. The van der Waals surface area contributed by atoms with Crippen LogP contribution in [0.1, 0.15) is 32.3 Å². The van der Waals surface area contributed by atoms with Crippen LogP contribution in [-0.2, 0) is 11.3 Å². The van der Waals surface area contributed by atoms with E-state index in [1.807, 2.05) is 47.4 Å². The van der Waals surface area contributed by atoms with Crippen LogP contribution in [0.2, 0.25) is 0 Å². The lowest BCUT2D eigenvalue weighted by atomic mass is 9.96. The molecule has 2 saturated heterocycles. The molecule has 8 nitrogen and oxygen atoms in total. The molecule has 188 valence electrons. The summed E-state index contributed by atoms with van der Waals surface area (Å²) in [5.41, 5.74) is 1.76. The van der Waals surface area contributed by atoms with E-state index in [1.54, 1.807) is 0 Å². The molecular weight excluding hydrogens is 446 g/mol. The average Bonchev–Trinajstić information content (AvgIpc) is 3.31. The van der Waals surface area contributed by atoms with Gasteiger partial charge in [0.25, 0.3) is 0 Å². The lowest BCUT2D eigenvalue weighted by Gasteiger charge is -2.39. The Kier molecular flexibility index (Phi) is 7.29. The summed E-state index contributed by atoms with van der Waals surface area (Å²) in [5.74, 6) is 2.78. The van der Waals surface area contributed by atoms with Crippen LogP contribution in [-0.4, -0.2) is 67.6 Å². The lowest BCUT2D eigenvalue weighted by molar-refractivity contribution is -0.0728. The first-order valence-corrected chi connectivity index (χ1v) is 12.6. The van der Waals surface area contributed by atoms with Crippen LogP contribution in [0, 0.1) is 5.92 Å². The molecule has 2 aromatic carbocycles. The van der Waals surface area contributed by atoms with Gasteiger partial charge in [0.1, 0.15) is 12.4 Å². The van der Waals surface area contributed by atoms with Gasteiger partial charge in [-0.25, -0.2) is 4.79 Å². The highest BCUT2D eigenvalue weighted by Gasteiger charge is 2.28. The van der Waals surface area contributed by atoms with Crippen LogP contribution in [0.4, 0.5) is 10.5 Å². The number of fused-ring (bicyclic) bond motifs is 1. The molecule has 3 aliphatic rings. The minimum Gasteiger partial charge on any atom is -0.489 e. The van der Waals surface area contributed by atoms with Crippen molar-refractivity contribution in [3.63, 3.8) is 0 Å². The van der Waals surface area contributed by atoms with E-state index in [1.165, 1.54) is 0 Å². The summed E-state index contributed by atoms with van der Waals surface area (Å²) in [6.07, 6.45) is 2.67. The number of ether oxygens (including phenoxy) is 4. The van der Waals surface area contributed by atoms with Crippen molar-refractivity contribution in [3.8, 4) is 17.2 Å². The molecule has 3 aliphatic heterocycles. The lowest BCUT2D eigenvalue weighted by Crippen LogP contribution is -2.49. The molecule has 0 saturated carbocycles. The fraction of sp³-hybridized carbons (Fsp3) is 0.519. The van der Waals surface area contributed by atoms with E-state index < -0.39 is 0 Å². The third-order valence-electron chi connectivity index (χ3n) is 6.84. The minimum atomic E-state index is -0.0362. The Hall–Kier alpha value is -2.97. The molecule has 0 aliphatic carbocycles. The number of hydrogen-bond acceptors (Lipinski definition) is 6. The topological polar surface area (TPSA) is 72.5 Å². The largest absolute Gasteiger partial charge is 0.489 e. The first-order chi connectivity index (χ1) is 17.0. The zero-order valence-corrected chi connectivity index (χ0v) is 20.6. The van der Waals surface area contributed by atoms with Crippen LogP contribution in [0.15, 0.2) is 42.5 Å². The van der Waals surface area contributed by atoms with Gasteiger partial charge in [0.15, 0.2) is 11.5 Å². The van der Waals surface area contributed by atoms with Crippen molar-refractivity contribution in [2.24, 2.45) is 5.92 Å². The number of urea groups is 1. The third kappa shape index (κ3) is 6.18. The minimum absolute atomic E-state index is 0.0362. The summed E-state index contributed by atoms with van der Waals surface area (Å²) in [7, 11) is 0. The SMILES string of the molecule is CC1CN(CC2CCN(C(=O)Nc3cccc(COc4ccc5c(c4)OCO5)c3)CC2)CC(C)O1. The number of carbonyl (C=O) groups is 1. The summed E-state index contributed by atoms with van der Waals surface area (Å²) in [4.78, 5) is 17.3. The molecule has 2 unspecified atom stereocenters. The van der Waals surface area contributed by atoms with Crippen molar-refractivity contribution in [2.75, 3.05) is 44.8 Å². The van der Waals surface area contributed by atoms with Gasteiger partial charge < -0.3 is 29.2 Å². The van der Waals surface area contributed by atoms with Gasteiger partial charge in [-0.1, -0.05) is 12.1 Å². The normalized spacial score (nSPS) is 22.7. The highest BCUT2D eigenvalue weighted by atomic mass is 16.7. The number of hydrogen-bond donors (Lipinski definition) is 1. The fourth-order valence-corrected chi connectivity index (χ4v) is 5.19. The first-order valence-electron chi connectivity index (χ1n) is 12.6. The van der Waals surface area contributed by atoms with Gasteiger partial charge >= 0.3 is 6.03 Å². The van der Waals surface area contributed by atoms with E-state index in [-0.39, 0.29) is 12.8 Å². The Morgan fingerprint density at radius 2 is 1.80 bits per heavy atom. The maximum Gasteiger partial charge on any atom is 0.321 e. The molecule has 0 radical (unpaired) electrons.